The van der Waals surface area contributed by atoms with Gasteiger partial charge in [-0.15, -0.1) is 0 Å². The maximum Gasteiger partial charge on any atom is 0.307 e. The van der Waals surface area contributed by atoms with Crippen LogP contribution < -0.4 is 5.32 Å². The normalized spacial score (nSPS) is 17.9. The fraction of sp³-hybridized carbons (Fsp3) is 0.269. The highest BCUT2D eigenvalue weighted by molar-refractivity contribution is 7.92. The first kappa shape index (κ1) is 23.9. The van der Waals surface area contributed by atoms with Crippen LogP contribution in [0.5, 0.6) is 5.75 Å². The topological polar surface area (TPSA) is 107 Å². The maximum atomic E-state index is 13.8. The number of carbonyl (C=O) groups is 1. The lowest BCUT2D eigenvalue weighted by molar-refractivity contribution is -0.136. The zero-order valence-electron chi connectivity index (χ0n) is 18.9. The second kappa shape index (κ2) is 9.97. The van der Waals surface area contributed by atoms with Crippen molar-refractivity contribution in [3.63, 3.8) is 0 Å². The number of aryl methyl sites for hydroxylation is 1. The molecule has 2 unspecified atom stereocenters. The molecule has 8 heteroatoms. The molecule has 1 heterocycles. The summed E-state index contributed by atoms with van der Waals surface area (Å²) in [6, 6.07) is 20.4. The predicted octanol–water partition coefficient (Wildman–Crippen LogP) is 3.12. The van der Waals surface area contributed by atoms with Gasteiger partial charge in [-0.2, -0.15) is 0 Å². The third-order valence-electron chi connectivity index (χ3n) is 6.13. The van der Waals surface area contributed by atoms with Crippen molar-refractivity contribution < 1.29 is 23.4 Å². The monoisotopic (exact) mass is 480 g/mol. The highest BCUT2D eigenvalue weighted by atomic mass is 32.2. The van der Waals surface area contributed by atoms with Crippen LogP contribution in [-0.2, 0) is 21.1 Å². The van der Waals surface area contributed by atoms with Gasteiger partial charge in [-0.25, -0.2) is 8.42 Å². The third-order valence-corrected chi connectivity index (χ3v) is 8.22. The Morgan fingerprint density at radius 1 is 1.09 bits per heavy atom. The fourth-order valence-corrected chi connectivity index (χ4v) is 6.21. The summed E-state index contributed by atoms with van der Waals surface area (Å²) in [5, 5.41) is 22.4. The number of carboxylic acids is 1. The Bertz CT molecular complexity index is 1260. The van der Waals surface area contributed by atoms with Crippen LogP contribution in [0.1, 0.15) is 28.3 Å². The van der Waals surface area contributed by atoms with Crippen molar-refractivity contribution in [3.8, 4) is 5.75 Å². The molecule has 0 bridgehead atoms. The van der Waals surface area contributed by atoms with E-state index in [0.717, 1.165) is 11.1 Å². The minimum atomic E-state index is -3.74. The molecule has 0 spiro atoms. The van der Waals surface area contributed by atoms with E-state index in [1.165, 1.54) is 6.07 Å². The zero-order chi connectivity index (χ0) is 24.3. The van der Waals surface area contributed by atoms with E-state index in [9.17, 15) is 23.4 Å². The molecular weight excluding hydrogens is 452 g/mol. The number of nitrogens with zero attached hydrogens (tertiary/aromatic N) is 1. The highest BCUT2D eigenvalue weighted by Crippen LogP contribution is 2.38. The van der Waals surface area contributed by atoms with Crippen LogP contribution in [0.4, 0.5) is 0 Å². The number of hydrogen-bond donors (Lipinski definition) is 3. The molecule has 1 saturated heterocycles. The van der Waals surface area contributed by atoms with Gasteiger partial charge in [0.05, 0.1) is 17.4 Å². The molecule has 1 aliphatic rings. The van der Waals surface area contributed by atoms with Crippen molar-refractivity contribution in [1.82, 2.24) is 10.2 Å². The first-order valence-electron chi connectivity index (χ1n) is 11.1. The fourth-order valence-electron chi connectivity index (χ4n) is 4.46. The molecular formula is C26H28N2O5S. The van der Waals surface area contributed by atoms with Crippen LogP contribution in [0.3, 0.4) is 0 Å². The van der Waals surface area contributed by atoms with E-state index in [-0.39, 0.29) is 23.6 Å². The summed E-state index contributed by atoms with van der Waals surface area (Å²) in [6.45, 7) is 3.15. The summed E-state index contributed by atoms with van der Waals surface area (Å²) in [6.07, 6.45) is -0.193. The van der Waals surface area contributed by atoms with Gasteiger partial charge >= 0.3 is 5.97 Å². The van der Waals surface area contributed by atoms with Crippen LogP contribution in [-0.4, -0.2) is 54.5 Å². The molecule has 2 atom stereocenters. The predicted molar refractivity (Wildman–Crippen MR) is 129 cm³/mol. The number of aliphatic carboxylic acids is 1. The molecule has 7 nitrogen and oxygen atoms in total. The van der Waals surface area contributed by atoms with E-state index in [2.05, 4.69) is 5.32 Å². The summed E-state index contributed by atoms with van der Waals surface area (Å²) in [5.74, 6) is -0.983. The summed E-state index contributed by atoms with van der Waals surface area (Å²) in [7, 11) is -3.74. The number of phenols is 1. The number of hydrogen-bond acceptors (Lipinski definition) is 6. The van der Waals surface area contributed by atoms with E-state index >= 15 is 0 Å². The van der Waals surface area contributed by atoms with Gasteiger partial charge in [0.25, 0.3) is 0 Å². The van der Waals surface area contributed by atoms with Crippen molar-refractivity contribution in [2.24, 2.45) is 0 Å². The molecule has 178 valence electrons. The quantitative estimate of drug-likeness (QED) is 0.477. The molecule has 4 rings (SSSR count). The molecule has 1 fully saturated rings. The average Bonchev–Trinajstić information content (AvgIpc) is 2.82. The molecule has 0 aromatic heterocycles. The Balaban J connectivity index is 1.84. The van der Waals surface area contributed by atoms with Crippen LogP contribution >= 0.6 is 0 Å². The molecule has 3 aromatic rings. The minimum Gasteiger partial charge on any atom is -0.508 e. The van der Waals surface area contributed by atoms with Crippen molar-refractivity contribution >= 4 is 15.8 Å². The average molecular weight is 481 g/mol. The molecule has 0 aliphatic carbocycles. The van der Waals surface area contributed by atoms with Crippen molar-refractivity contribution in [2.75, 3.05) is 19.6 Å². The zero-order valence-corrected chi connectivity index (χ0v) is 19.7. The number of piperazine rings is 1. The van der Waals surface area contributed by atoms with Gasteiger partial charge in [0.2, 0.25) is 0 Å². The standard InChI is InChI=1S/C26H28N2O5S/c1-18-7-10-21(11-8-18)34(32,33)24-17-27-13-14-28(24)26(20-5-3-2-4-6-20)22-15-19(16-25(30)31)9-12-23(22)29/h2-12,15,24,26-27,29H,13-14,16-17H2,1H3,(H,30,31). The van der Waals surface area contributed by atoms with Gasteiger partial charge in [0.1, 0.15) is 11.1 Å². The van der Waals surface area contributed by atoms with Crippen LogP contribution in [0, 0.1) is 6.92 Å². The molecule has 34 heavy (non-hydrogen) atoms. The smallest absolute Gasteiger partial charge is 0.307 e. The van der Waals surface area contributed by atoms with Crippen LogP contribution in [0.2, 0.25) is 0 Å². The molecule has 3 aromatic carbocycles. The first-order chi connectivity index (χ1) is 16.3. The second-order valence-electron chi connectivity index (χ2n) is 8.53. The number of benzene rings is 3. The largest absolute Gasteiger partial charge is 0.508 e. The first-order valence-corrected chi connectivity index (χ1v) is 12.7. The van der Waals surface area contributed by atoms with Gasteiger partial charge in [-0.05, 0) is 42.3 Å². The van der Waals surface area contributed by atoms with Crippen molar-refractivity contribution in [2.45, 2.75) is 29.7 Å². The van der Waals surface area contributed by atoms with Crippen molar-refractivity contribution in [3.05, 3.63) is 95.1 Å². The Labute approximate surface area is 199 Å². The highest BCUT2D eigenvalue weighted by Gasteiger charge is 2.40. The SMILES string of the molecule is Cc1ccc(S(=O)(=O)C2CNCCN2C(c2ccccc2)c2cc(CC(=O)O)ccc2O)cc1. The van der Waals surface area contributed by atoms with Crippen molar-refractivity contribution in [1.29, 1.82) is 0 Å². The molecule has 0 amide bonds. The van der Waals surface area contributed by atoms with E-state index < -0.39 is 27.2 Å². The molecule has 0 saturated carbocycles. The number of sulfone groups is 1. The Kier molecular flexibility index (Phi) is 7.02. The van der Waals surface area contributed by atoms with Gasteiger partial charge in [0.15, 0.2) is 9.84 Å². The minimum absolute atomic E-state index is 0.00647. The number of carboxylic acid groups (broad SMARTS) is 1. The van der Waals surface area contributed by atoms with Gasteiger partial charge < -0.3 is 15.5 Å². The summed E-state index contributed by atoms with van der Waals surface area (Å²) in [5.41, 5.74) is 2.81. The van der Waals surface area contributed by atoms with Crippen LogP contribution in [0.25, 0.3) is 0 Å². The Morgan fingerprint density at radius 2 is 1.79 bits per heavy atom. The summed E-state index contributed by atoms with van der Waals surface area (Å²) in [4.78, 5) is 13.4. The van der Waals surface area contributed by atoms with Crippen LogP contribution in [0.15, 0.2) is 77.7 Å². The van der Waals surface area contributed by atoms with E-state index in [0.29, 0.717) is 24.2 Å². The summed E-state index contributed by atoms with van der Waals surface area (Å²) < 4.78 is 27.5. The summed E-state index contributed by atoms with van der Waals surface area (Å²) >= 11 is 0. The molecule has 3 N–H and O–H groups in total. The second-order valence-corrected chi connectivity index (χ2v) is 10.6. The Hall–Kier alpha value is -3.20. The number of phenolic OH excluding ortho intramolecular Hbond substituents is 1. The lowest BCUT2D eigenvalue weighted by atomic mass is 9.93. The number of rotatable bonds is 7. The number of aromatic hydroxyl groups is 1. The maximum absolute atomic E-state index is 13.8. The van der Waals surface area contributed by atoms with E-state index in [1.54, 1.807) is 36.4 Å². The molecule has 0 radical (unpaired) electrons. The third kappa shape index (κ3) is 4.99. The van der Waals surface area contributed by atoms with E-state index in [1.807, 2.05) is 42.2 Å². The lowest BCUT2D eigenvalue weighted by Gasteiger charge is -2.41. The van der Waals surface area contributed by atoms with Gasteiger partial charge in [-0.1, -0.05) is 54.1 Å². The Morgan fingerprint density at radius 3 is 2.47 bits per heavy atom. The van der Waals surface area contributed by atoms with Gasteiger partial charge in [-0.3, -0.25) is 9.69 Å². The van der Waals surface area contributed by atoms with Gasteiger partial charge in [0, 0.05) is 25.2 Å². The number of nitrogens with one attached hydrogen (secondary N) is 1. The molecule has 1 aliphatic heterocycles. The lowest BCUT2D eigenvalue weighted by Crippen LogP contribution is -2.55. The van der Waals surface area contributed by atoms with E-state index in [4.69, 9.17) is 0 Å².